The number of amidine groups is 1. The van der Waals surface area contributed by atoms with E-state index in [0.29, 0.717) is 30.1 Å². The molecular weight excluding hydrogens is 428 g/mol. The summed E-state index contributed by atoms with van der Waals surface area (Å²) in [5.41, 5.74) is 14.4. The highest BCUT2D eigenvalue weighted by Crippen LogP contribution is 2.19. The summed E-state index contributed by atoms with van der Waals surface area (Å²) < 4.78 is 3.06. The Morgan fingerprint density at radius 2 is 2.09 bits per heavy atom. The monoisotopic (exact) mass is 458 g/mol. The first kappa shape index (κ1) is 24.5. The Bertz CT molecular complexity index is 1340. The standard InChI is InChI=1S/C25H30N8O/c1-5-6-14-32-23-21(30-25(32)31(4)16-19(3)26)15-29-33(24(23)34)17-22(27)28-13-12-18(2)20-10-8-7-9-11-20/h7-13,15,19H,2,14,16-17,26H2,1,3-4H3,(H2,27,28)/b13-12-. The number of likely N-dealkylation sites (N-methyl/N-ethyl adjacent to an activating group) is 1. The van der Waals surface area contributed by atoms with Crippen LogP contribution in [0.3, 0.4) is 0 Å². The summed E-state index contributed by atoms with van der Waals surface area (Å²) in [4.78, 5) is 24.0. The smallest absolute Gasteiger partial charge is 0.293 e. The number of nitrogens with two attached hydrogens (primary N) is 2. The van der Waals surface area contributed by atoms with Crippen molar-refractivity contribution in [1.82, 2.24) is 19.3 Å². The van der Waals surface area contributed by atoms with Crippen LogP contribution in [0.5, 0.6) is 0 Å². The van der Waals surface area contributed by atoms with Crippen molar-refractivity contribution in [3.8, 4) is 11.8 Å². The van der Waals surface area contributed by atoms with Crippen molar-refractivity contribution >= 4 is 28.4 Å². The van der Waals surface area contributed by atoms with Crippen molar-refractivity contribution in [2.24, 2.45) is 16.5 Å². The fourth-order valence-corrected chi connectivity index (χ4v) is 3.46. The van der Waals surface area contributed by atoms with Crippen LogP contribution in [0.25, 0.3) is 16.6 Å². The minimum absolute atomic E-state index is 0.0343. The molecule has 0 bridgehead atoms. The quantitative estimate of drug-likeness (QED) is 0.219. The van der Waals surface area contributed by atoms with Gasteiger partial charge in [0.15, 0.2) is 0 Å². The number of fused-ring (bicyclic) bond motifs is 1. The first-order chi connectivity index (χ1) is 16.3. The molecule has 1 unspecified atom stereocenters. The van der Waals surface area contributed by atoms with Crippen molar-refractivity contribution in [2.45, 2.75) is 33.0 Å². The summed E-state index contributed by atoms with van der Waals surface area (Å²) in [7, 11) is 1.88. The molecule has 34 heavy (non-hydrogen) atoms. The molecule has 0 spiro atoms. The number of allylic oxidation sites excluding steroid dienone is 2. The molecule has 0 aliphatic heterocycles. The van der Waals surface area contributed by atoms with Crippen LogP contribution >= 0.6 is 0 Å². The summed E-state index contributed by atoms with van der Waals surface area (Å²) in [6.45, 7) is 8.62. The molecule has 2 aromatic heterocycles. The van der Waals surface area contributed by atoms with E-state index in [2.05, 4.69) is 33.5 Å². The van der Waals surface area contributed by atoms with Gasteiger partial charge in [-0.15, -0.1) is 5.92 Å². The maximum atomic E-state index is 13.3. The molecule has 3 aromatic rings. The highest BCUT2D eigenvalue weighted by Gasteiger charge is 2.19. The first-order valence-electron chi connectivity index (χ1n) is 10.9. The minimum atomic E-state index is -0.320. The zero-order valence-corrected chi connectivity index (χ0v) is 19.8. The Morgan fingerprint density at radius 3 is 2.76 bits per heavy atom. The number of hydrogen-bond acceptors (Lipinski definition) is 6. The summed E-state index contributed by atoms with van der Waals surface area (Å²) in [5, 5.41) is 4.24. The lowest BCUT2D eigenvalue weighted by Crippen LogP contribution is -2.34. The lowest BCUT2D eigenvalue weighted by atomic mass is 10.1. The number of imidazole rings is 1. The van der Waals surface area contributed by atoms with Crippen molar-refractivity contribution in [2.75, 3.05) is 18.5 Å². The Labute approximate surface area is 199 Å². The topological polar surface area (TPSA) is 120 Å². The van der Waals surface area contributed by atoms with Crippen molar-refractivity contribution in [3.05, 3.63) is 71.3 Å². The van der Waals surface area contributed by atoms with E-state index in [1.165, 1.54) is 4.68 Å². The van der Waals surface area contributed by atoms with Crippen molar-refractivity contribution in [3.63, 3.8) is 0 Å². The van der Waals surface area contributed by atoms with Gasteiger partial charge in [-0.2, -0.15) is 5.10 Å². The van der Waals surface area contributed by atoms with Crippen LogP contribution in [0.4, 0.5) is 5.95 Å². The van der Waals surface area contributed by atoms with Crippen LogP contribution < -0.4 is 21.9 Å². The van der Waals surface area contributed by atoms with E-state index in [4.69, 9.17) is 11.5 Å². The lowest BCUT2D eigenvalue weighted by Gasteiger charge is -2.20. The van der Waals surface area contributed by atoms with E-state index >= 15 is 0 Å². The van der Waals surface area contributed by atoms with E-state index in [-0.39, 0.29) is 24.0 Å². The Morgan fingerprint density at radius 1 is 1.35 bits per heavy atom. The number of benzene rings is 1. The Balaban J connectivity index is 1.89. The molecule has 176 valence electrons. The number of anilines is 1. The molecule has 2 heterocycles. The maximum Gasteiger partial charge on any atom is 0.293 e. The fraction of sp³-hybridized carbons (Fsp3) is 0.280. The molecule has 0 aliphatic carbocycles. The average molecular weight is 459 g/mol. The summed E-state index contributed by atoms with van der Waals surface area (Å²) in [5.74, 6) is 6.72. The molecule has 0 saturated heterocycles. The molecule has 0 fully saturated rings. The molecule has 3 rings (SSSR count). The Hall–Kier alpha value is -4.16. The van der Waals surface area contributed by atoms with E-state index in [1.807, 2.05) is 49.2 Å². The van der Waals surface area contributed by atoms with Crippen LogP contribution in [-0.2, 0) is 13.1 Å². The summed E-state index contributed by atoms with van der Waals surface area (Å²) in [6, 6.07) is 9.69. The van der Waals surface area contributed by atoms with Gasteiger partial charge in [-0.05, 0) is 31.1 Å². The third kappa shape index (κ3) is 5.79. The van der Waals surface area contributed by atoms with Gasteiger partial charge in [-0.25, -0.2) is 14.7 Å². The van der Waals surface area contributed by atoms with Gasteiger partial charge in [0.1, 0.15) is 23.4 Å². The second-order valence-corrected chi connectivity index (χ2v) is 7.95. The minimum Gasteiger partial charge on any atom is -0.386 e. The summed E-state index contributed by atoms with van der Waals surface area (Å²) in [6.07, 6.45) is 4.88. The highest BCUT2D eigenvalue weighted by molar-refractivity contribution is 5.82. The van der Waals surface area contributed by atoms with E-state index in [9.17, 15) is 4.79 Å². The van der Waals surface area contributed by atoms with Crippen LogP contribution in [-0.4, -0.2) is 44.8 Å². The second-order valence-electron chi connectivity index (χ2n) is 7.95. The molecule has 9 nitrogen and oxygen atoms in total. The van der Waals surface area contributed by atoms with E-state index < -0.39 is 0 Å². The molecule has 4 N–H and O–H groups in total. The zero-order valence-electron chi connectivity index (χ0n) is 19.8. The van der Waals surface area contributed by atoms with Crippen LogP contribution in [0.15, 0.2) is 65.2 Å². The van der Waals surface area contributed by atoms with Gasteiger partial charge in [0, 0.05) is 25.8 Å². The number of nitrogens with zero attached hydrogens (tertiary/aromatic N) is 6. The first-order valence-corrected chi connectivity index (χ1v) is 10.9. The molecule has 0 radical (unpaired) electrons. The van der Waals surface area contributed by atoms with Crippen LogP contribution in [0.1, 0.15) is 19.4 Å². The largest absolute Gasteiger partial charge is 0.386 e. The predicted molar refractivity (Wildman–Crippen MR) is 138 cm³/mol. The average Bonchev–Trinajstić information content (AvgIpc) is 3.19. The van der Waals surface area contributed by atoms with Crippen LogP contribution in [0, 0.1) is 11.8 Å². The summed E-state index contributed by atoms with van der Waals surface area (Å²) >= 11 is 0. The molecular formula is C25H30N8O. The fourth-order valence-electron chi connectivity index (χ4n) is 3.46. The molecule has 1 atom stereocenters. The van der Waals surface area contributed by atoms with Gasteiger partial charge < -0.3 is 16.4 Å². The normalized spacial score (nSPS) is 12.5. The van der Waals surface area contributed by atoms with Gasteiger partial charge in [-0.1, -0.05) is 42.8 Å². The maximum absolute atomic E-state index is 13.3. The van der Waals surface area contributed by atoms with Gasteiger partial charge in [-0.3, -0.25) is 9.36 Å². The molecule has 0 aliphatic rings. The van der Waals surface area contributed by atoms with Gasteiger partial charge in [0.05, 0.1) is 12.7 Å². The molecule has 0 amide bonds. The van der Waals surface area contributed by atoms with E-state index in [1.54, 1.807) is 30.0 Å². The third-order valence-electron chi connectivity index (χ3n) is 5.02. The van der Waals surface area contributed by atoms with Crippen molar-refractivity contribution < 1.29 is 0 Å². The van der Waals surface area contributed by atoms with Gasteiger partial charge in [0.25, 0.3) is 5.56 Å². The predicted octanol–water partition coefficient (Wildman–Crippen LogP) is 1.98. The number of hydrogen-bond donors (Lipinski definition) is 2. The molecule has 0 saturated carbocycles. The number of aliphatic imine (C=N–C) groups is 1. The van der Waals surface area contributed by atoms with Gasteiger partial charge >= 0.3 is 0 Å². The van der Waals surface area contributed by atoms with E-state index in [0.717, 1.165) is 11.1 Å². The number of rotatable bonds is 9. The number of aromatic nitrogens is 4. The highest BCUT2D eigenvalue weighted by atomic mass is 16.1. The zero-order chi connectivity index (χ0) is 24.7. The van der Waals surface area contributed by atoms with Gasteiger partial charge in [0.2, 0.25) is 5.95 Å². The van der Waals surface area contributed by atoms with Crippen LogP contribution in [0.2, 0.25) is 0 Å². The SMILES string of the molecule is C=C(/C=C\N=C(/N)Cn1ncc2nc(N(C)CC(C)N)n(CC#CC)c2c1=O)c1ccccc1. The van der Waals surface area contributed by atoms with Crippen molar-refractivity contribution in [1.29, 1.82) is 0 Å². The molecule has 9 heteroatoms. The lowest BCUT2D eigenvalue weighted by molar-refractivity contribution is 0.667. The Kier molecular flexibility index (Phi) is 8.01. The second kappa shape index (κ2) is 11.1. The third-order valence-corrected chi connectivity index (χ3v) is 5.02. The molecule has 1 aromatic carbocycles.